The second-order valence-electron chi connectivity index (χ2n) is 8.88. The molecule has 14 heteroatoms. The zero-order valence-corrected chi connectivity index (χ0v) is 23.6. The molecule has 202 valence electrons. The summed E-state index contributed by atoms with van der Waals surface area (Å²) in [6, 6.07) is 4.39. The van der Waals surface area contributed by atoms with Crippen molar-refractivity contribution in [2.75, 3.05) is 5.32 Å². The molecule has 0 spiro atoms. The molecule has 0 aliphatic rings. The number of nitrogens with one attached hydrogen (secondary N) is 1. The lowest BCUT2D eigenvalue weighted by atomic mass is 10.0. The first-order valence-corrected chi connectivity index (χ1v) is 13.2. The van der Waals surface area contributed by atoms with Gasteiger partial charge in [-0.15, -0.1) is 11.3 Å². The molecule has 0 fully saturated rings. The number of alkyl halides is 2. The van der Waals surface area contributed by atoms with Gasteiger partial charge in [0, 0.05) is 23.7 Å². The number of carbonyl (C=O) groups is 2. The first-order chi connectivity index (χ1) is 18.5. The van der Waals surface area contributed by atoms with E-state index in [2.05, 4.69) is 36.4 Å². The minimum atomic E-state index is -2.85. The molecule has 0 saturated heterocycles. The number of halogens is 3. The number of nitrogens with zero attached hydrogens (tertiary/aromatic N) is 5. The Morgan fingerprint density at radius 2 is 1.95 bits per heavy atom. The largest absolute Gasteiger partial charge is 0.454 e. The third-order valence-corrected chi connectivity index (χ3v) is 8.62. The smallest absolute Gasteiger partial charge is 0.291 e. The minimum absolute atomic E-state index is 0.0170. The van der Waals surface area contributed by atoms with E-state index in [0.29, 0.717) is 34.5 Å². The molecule has 5 aromatic rings. The Balaban J connectivity index is 1.57. The molecule has 39 heavy (non-hydrogen) atoms. The minimum Gasteiger partial charge on any atom is -0.454 e. The molecule has 0 aliphatic heterocycles. The van der Waals surface area contributed by atoms with Gasteiger partial charge in [-0.05, 0) is 60.5 Å². The van der Waals surface area contributed by atoms with Crippen molar-refractivity contribution >= 4 is 55.0 Å². The number of nitrogens with two attached hydrogens (primary N) is 1. The van der Waals surface area contributed by atoms with Crippen molar-refractivity contribution in [1.82, 2.24) is 24.5 Å². The highest BCUT2D eigenvalue weighted by Crippen LogP contribution is 2.43. The summed E-state index contributed by atoms with van der Waals surface area (Å²) in [5, 5.41) is 11.7. The molecule has 5 heterocycles. The average molecular weight is 618 g/mol. The van der Waals surface area contributed by atoms with Crippen molar-refractivity contribution in [3.8, 4) is 11.1 Å². The van der Waals surface area contributed by atoms with Crippen LogP contribution in [0.25, 0.3) is 21.3 Å². The topological polar surface area (TPSA) is 134 Å². The van der Waals surface area contributed by atoms with Crippen LogP contribution >= 0.6 is 27.3 Å². The van der Waals surface area contributed by atoms with E-state index in [0.717, 1.165) is 27.2 Å². The van der Waals surface area contributed by atoms with E-state index in [-0.39, 0.29) is 21.2 Å². The Kier molecular flexibility index (Phi) is 6.84. The number of fused-ring (bicyclic) bond motifs is 1. The van der Waals surface area contributed by atoms with Crippen molar-refractivity contribution in [3.63, 3.8) is 0 Å². The molecule has 0 aliphatic carbocycles. The Morgan fingerprint density at radius 3 is 2.54 bits per heavy atom. The number of aromatic nitrogens is 5. The van der Waals surface area contributed by atoms with Crippen LogP contribution in [0.3, 0.4) is 0 Å². The highest BCUT2D eigenvalue weighted by molar-refractivity contribution is 9.10. The standard InChI is InChI=1S/C25H22BrF2N7O3S/c1-10-19(26)12(3)35(33-10)9-13-5-6-17(38-13)24(37)32-20-18-14(15-8-30-34(4)11(15)2)7-16(22(27)28)31-25(18)39-21(20)23(29)36/h5-8,22H,9H2,1-4H3,(H2,29,36)(H,32,37). The monoisotopic (exact) mass is 617 g/mol. The van der Waals surface area contributed by atoms with E-state index in [9.17, 15) is 18.4 Å². The third-order valence-electron chi connectivity index (χ3n) is 6.38. The summed E-state index contributed by atoms with van der Waals surface area (Å²) in [7, 11) is 1.72. The second kappa shape index (κ2) is 10.0. The Labute approximate surface area is 232 Å². The molecule has 0 atom stereocenters. The predicted octanol–water partition coefficient (Wildman–Crippen LogP) is 5.51. The Bertz CT molecular complexity index is 1770. The van der Waals surface area contributed by atoms with Crippen LogP contribution in [0.2, 0.25) is 0 Å². The van der Waals surface area contributed by atoms with Gasteiger partial charge in [-0.25, -0.2) is 13.8 Å². The molecule has 0 unspecified atom stereocenters. The van der Waals surface area contributed by atoms with Crippen molar-refractivity contribution in [1.29, 1.82) is 0 Å². The van der Waals surface area contributed by atoms with Crippen molar-refractivity contribution in [3.05, 3.63) is 68.0 Å². The molecule has 0 bridgehead atoms. The average Bonchev–Trinajstić information content (AvgIpc) is 3.64. The number of hydrogen-bond acceptors (Lipinski definition) is 7. The summed E-state index contributed by atoms with van der Waals surface area (Å²) in [5.74, 6) is -1.02. The van der Waals surface area contributed by atoms with E-state index in [4.69, 9.17) is 10.2 Å². The SMILES string of the molecule is Cc1nn(Cc2ccc(C(=O)Nc3c(C(N)=O)sc4nc(C(F)F)cc(-c5cnn(C)c5C)c34)o2)c(C)c1Br. The number of hydrogen-bond donors (Lipinski definition) is 2. The zero-order chi connectivity index (χ0) is 28.2. The molecule has 5 aromatic heterocycles. The fourth-order valence-electron chi connectivity index (χ4n) is 4.23. The third kappa shape index (κ3) is 4.74. The fraction of sp³-hybridized carbons (Fsp3) is 0.240. The summed E-state index contributed by atoms with van der Waals surface area (Å²) in [5.41, 5.74) is 8.53. The van der Waals surface area contributed by atoms with Gasteiger partial charge in [-0.2, -0.15) is 10.2 Å². The maximum absolute atomic E-state index is 13.7. The number of pyridine rings is 1. The maximum atomic E-state index is 13.7. The predicted molar refractivity (Wildman–Crippen MR) is 145 cm³/mol. The van der Waals surface area contributed by atoms with Gasteiger partial charge in [0.25, 0.3) is 18.2 Å². The Hall–Kier alpha value is -3.91. The van der Waals surface area contributed by atoms with Gasteiger partial charge in [-0.1, -0.05) is 0 Å². The summed E-state index contributed by atoms with van der Waals surface area (Å²) in [6.45, 7) is 5.85. The summed E-state index contributed by atoms with van der Waals surface area (Å²) >= 11 is 4.31. The van der Waals surface area contributed by atoms with Crippen LogP contribution < -0.4 is 11.1 Å². The number of anilines is 1. The lowest BCUT2D eigenvalue weighted by Gasteiger charge is -2.10. The van der Waals surface area contributed by atoms with Crippen LogP contribution in [0, 0.1) is 20.8 Å². The van der Waals surface area contributed by atoms with Crippen LogP contribution in [-0.2, 0) is 13.6 Å². The van der Waals surface area contributed by atoms with Gasteiger partial charge in [0.15, 0.2) is 5.76 Å². The van der Waals surface area contributed by atoms with Gasteiger partial charge in [-0.3, -0.25) is 19.0 Å². The van der Waals surface area contributed by atoms with E-state index < -0.39 is 23.9 Å². The number of rotatable bonds is 7. The fourth-order valence-corrected chi connectivity index (χ4v) is 5.53. The van der Waals surface area contributed by atoms with Gasteiger partial charge < -0.3 is 15.5 Å². The molecule has 0 radical (unpaired) electrons. The highest BCUT2D eigenvalue weighted by atomic mass is 79.9. The zero-order valence-electron chi connectivity index (χ0n) is 21.2. The first kappa shape index (κ1) is 26.7. The summed E-state index contributed by atoms with van der Waals surface area (Å²) in [6.07, 6.45) is -1.32. The second-order valence-corrected chi connectivity index (χ2v) is 10.7. The molecular weight excluding hydrogens is 596 g/mol. The van der Waals surface area contributed by atoms with Crippen LogP contribution in [0.15, 0.2) is 33.3 Å². The first-order valence-electron chi connectivity index (χ1n) is 11.6. The molecule has 10 nitrogen and oxygen atoms in total. The summed E-state index contributed by atoms with van der Waals surface area (Å²) in [4.78, 5) is 29.8. The van der Waals surface area contributed by atoms with Gasteiger partial charge >= 0.3 is 0 Å². The normalized spacial score (nSPS) is 11.6. The molecule has 5 rings (SSSR count). The molecule has 3 N–H and O–H groups in total. The van der Waals surface area contributed by atoms with Crippen molar-refractivity contribution < 1.29 is 22.8 Å². The summed E-state index contributed by atoms with van der Waals surface area (Å²) < 4.78 is 37.5. The van der Waals surface area contributed by atoms with E-state index >= 15 is 0 Å². The van der Waals surface area contributed by atoms with Crippen LogP contribution in [-0.4, -0.2) is 36.4 Å². The number of carbonyl (C=O) groups excluding carboxylic acids is 2. The van der Waals surface area contributed by atoms with Crippen LogP contribution in [0.5, 0.6) is 0 Å². The number of aryl methyl sites for hydroxylation is 2. The number of primary amides is 1. The lowest BCUT2D eigenvalue weighted by molar-refractivity contribution is 0.0994. The van der Waals surface area contributed by atoms with Gasteiger partial charge in [0.2, 0.25) is 0 Å². The highest BCUT2D eigenvalue weighted by Gasteiger charge is 2.27. The van der Waals surface area contributed by atoms with Crippen LogP contribution in [0.4, 0.5) is 14.5 Å². The maximum Gasteiger partial charge on any atom is 0.291 e. The molecule has 0 saturated carbocycles. The number of furan rings is 1. The molecule has 0 aromatic carbocycles. The van der Waals surface area contributed by atoms with E-state index in [1.807, 2.05) is 13.8 Å². The molecule has 2 amide bonds. The quantitative estimate of drug-likeness (QED) is 0.247. The van der Waals surface area contributed by atoms with E-state index in [1.54, 1.807) is 29.4 Å². The molecular formula is C25H22BrF2N7O3S. The Morgan fingerprint density at radius 1 is 1.21 bits per heavy atom. The van der Waals surface area contributed by atoms with Crippen molar-refractivity contribution in [2.24, 2.45) is 12.8 Å². The van der Waals surface area contributed by atoms with Crippen molar-refractivity contribution in [2.45, 2.75) is 33.7 Å². The lowest BCUT2D eigenvalue weighted by Crippen LogP contribution is -2.16. The van der Waals surface area contributed by atoms with E-state index in [1.165, 1.54) is 18.3 Å². The number of amides is 2. The van der Waals surface area contributed by atoms with Crippen LogP contribution in [0.1, 0.15) is 55.2 Å². The van der Waals surface area contributed by atoms with Gasteiger partial charge in [0.1, 0.15) is 21.2 Å². The van der Waals surface area contributed by atoms with Gasteiger partial charge in [0.05, 0.1) is 34.3 Å². The number of thiophene rings is 1.